The van der Waals surface area contributed by atoms with Crippen molar-refractivity contribution in [2.75, 3.05) is 13.7 Å². The molecule has 22 heavy (non-hydrogen) atoms. The predicted octanol–water partition coefficient (Wildman–Crippen LogP) is 2.23. The van der Waals surface area contributed by atoms with Crippen molar-refractivity contribution in [2.45, 2.75) is 57.8 Å². The molecule has 1 aliphatic rings. The summed E-state index contributed by atoms with van der Waals surface area (Å²) < 4.78 is 17.7. The molecular weight excluding hydrogens is 279 g/mol. The SMILES string of the molecule is COC(C)(CCO)c1ccc(B2OC(C)(C)C(C)(C)O2)cc1. The Bertz CT molecular complexity index is 496. The Morgan fingerprint density at radius 3 is 2.00 bits per heavy atom. The molecule has 0 bridgehead atoms. The lowest BCUT2D eigenvalue weighted by Crippen LogP contribution is -2.41. The maximum Gasteiger partial charge on any atom is 0.494 e. The van der Waals surface area contributed by atoms with Crippen LogP contribution in [0.5, 0.6) is 0 Å². The molecule has 122 valence electrons. The highest BCUT2D eigenvalue weighted by atomic mass is 16.7. The predicted molar refractivity (Wildman–Crippen MR) is 88.2 cm³/mol. The maximum absolute atomic E-state index is 9.22. The molecule has 1 heterocycles. The standard InChI is InChI=1S/C17H27BO4/c1-15(2)16(3,4)22-18(21-15)14-9-7-13(8-10-14)17(5,20-6)11-12-19/h7-10,19H,11-12H2,1-6H3. The molecule has 0 aliphatic carbocycles. The molecule has 0 spiro atoms. The summed E-state index contributed by atoms with van der Waals surface area (Å²) in [5, 5.41) is 9.22. The smallest absolute Gasteiger partial charge is 0.399 e. The number of aliphatic hydroxyl groups excluding tert-OH is 1. The van der Waals surface area contributed by atoms with E-state index in [2.05, 4.69) is 0 Å². The van der Waals surface area contributed by atoms with Crippen molar-refractivity contribution in [1.82, 2.24) is 0 Å². The van der Waals surface area contributed by atoms with E-state index >= 15 is 0 Å². The van der Waals surface area contributed by atoms with Crippen molar-refractivity contribution in [3.05, 3.63) is 29.8 Å². The third-order valence-corrected chi connectivity index (χ3v) is 5.09. The van der Waals surface area contributed by atoms with Crippen molar-refractivity contribution < 1.29 is 19.2 Å². The van der Waals surface area contributed by atoms with E-state index in [9.17, 15) is 5.11 Å². The van der Waals surface area contributed by atoms with Gasteiger partial charge in [0.15, 0.2) is 0 Å². The molecule has 1 aromatic rings. The van der Waals surface area contributed by atoms with Crippen LogP contribution in [-0.2, 0) is 19.6 Å². The average molecular weight is 306 g/mol. The molecule has 0 saturated carbocycles. The van der Waals surface area contributed by atoms with Crippen molar-refractivity contribution in [3.8, 4) is 0 Å². The minimum Gasteiger partial charge on any atom is -0.399 e. The Hall–Kier alpha value is -0.875. The number of hydrogen-bond acceptors (Lipinski definition) is 4. The lowest BCUT2D eigenvalue weighted by atomic mass is 9.78. The molecule has 1 saturated heterocycles. The number of benzene rings is 1. The molecule has 1 atom stereocenters. The summed E-state index contributed by atoms with van der Waals surface area (Å²) in [6.07, 6.45) is 0.555. The van der Waals surface area contributed by atoms with Gasteiger partial charge in [-0.1, -0.05) is 24.3 Å². The van der Waals surface area contributed by atoms with Gasteiger partial charge in [-0.2, -0.15) is 0 Å². The molecule has 1 fully saturated rings. The highest BCUT2D eigenvalue weighted by molar-refractivity contribution is 6.62. The van der Waals surface area contributed by atoms with Gasteiger partial charge in [0.1, 0.15) is 0 Å². The first-order valence-electron chi connectivity index (χ1n) is 7.77. The van der Waals surface area contributed by atoms with Gasteiger partial charge in [0.25, 0.3) is 0 Å². The molecule has 0 radical (unpaired) electrons. The zero-order chi connectivity index (χ0) is 16.6. The maximum atomic E-state index is 9.22. The van der Waals surface area contributed by atoms with Gasteiger partial charge in [-0.25, -0.2) is 0 Å². The summed E-state index contributed by atoms with van der Waals surface area (Å²) in [6.45, 7) is 10.3. The van der Waals surface area contributed by atoms with Crippen LogP contribution in [0.15, 0.2) is 24.3 Å². The topological polar surface area (TPSA) is 47.9 Å². The van der Waals surface area contributed by atoms with E-state index in [0.29, 0.717) is 6.42 Å². The van der Waals surface area contributed by atoms with Gasteiger partial charge in [-0.3, -0.25) is 0 Å². The highest BCUT2D eigenvalue weighted by Crippen LogP contribution is 2.36. The van der Waals surface area contributed by atoms with Crippen molar-refractivity contribution in [2.24, 2.45) is 0 Å². The number of hydrogen-bond donors (Lipinski definition) is 1. The first kappa shape index (κ1) is 17.5. The third kappa shape index (κ3) is 3.09. The zero-order valence-corrected chi connectivity index (χ0v) is 14.5. The van der Waals surface area contributed by atoms with Crippen LogP contribution >= 0.6 is 0 Å². The zero-order valence-electron chi connectivity index (χ0n) is 14.5. The lowest BCUT2D eigenvalue weighted by Gasteiger charge is -2.32. The van der Waals surface area contributed by atoms with Gasteiger partial charge in [0.05, 0.1) is 16.8 Å². The molecule has 1 unspecified atom stereocenters. The molecule has 1 aromatic carbocycles. The largest absolute Gasteiger partial charge is 0.494 e. The van der Waals surface area contributed by atoms with Gasteiger partial charge < -0.3 is 19.2 Å². The monoisotopic (exact) mass is 306 g/mol. The van der Waals surface area contributed by atoms with Gasteiger partial charge in [0.2, 0.25) is 0 Å². The summed E-state index contributed by atoms with van der Waals surface area (Å²) in [5.41, 5.74) is 0.861. The van der Waals surface area contributed by atoms with Crippen LogP contribution in [0.25, 0.3) is 0 Å². The molecule has 1 aliphatic heterocycles. The van der Waals surface area contributed by atoms with E-state index in [1.165, 1.54) is 0 Å². The fourth-order valence-electron chi connectivity index (χ4n) is 2.55. The molecule has 2 rings (SSSR count). The Labute approximate surface area is 133 Å². The van der Waals surface area contributed by atoms with Crippen LogP contribution in [-0.4, -0.2) is 37.1 Å². The lowest BCUT2D eigenvalue weighted by molar-refractivity contribution is -0.0173. The highest BCUT2D eigenvalue weighted by Gasteiger charge is 2.51. The van der Waals surface area contributed by atoms with Crippen molar-refractivity contribution in [1.29, 1.82) is 0 Å². The van der Waals surface area contributed by atoms with E-state index in [1.807, 2.05) is 58.9 Å². The second kappa shape index (κ2) is 5.97. The number of aliphatic hydroxyl groups is 1. The first-order chi connectivity index (χ1) is 10.1. The van der Waals surface area contributed by atoms with Gasteiger partial charge in [-0.15, -0.1) is 0 Å². The van der Waals surface area contributed by atoms with Gasteiger partial charge in [0, 0.05) is 20.1 Å². The van der Waals surface area contributed by atoms with Crippen LogP contribution < -0.4 is 5.46 Å². The Balaban J connectivity index is 2.20. The van der Waals surface area contributed by atoms with Crippen LogP contribution in [0.3, 0.4) is 0 Å². The summed E-state index contributed by atoms with van der Waals surface area (Å²) in [4.78, 5) is 0. The number of ether oxygens (including phenoxy) is 1. The summed E-state index contributed by atoms with van der Waals surface area (Å²) >= 11 is 0. The molecule has 0 amide bonds. The second-order valence-corrected chi connectivity index (χ2v) is 7.12. The van der Waals surface area contributed by atoms with E-state index in [0.717, 1.165) is 11.0 Å². The summed E-state index contributed by atoms with van der Waals surface area (Å²) in [5.74, 6) is 0. The van der Waals surface area contributed by atoms with E-state index in [-0.39, 0.29) is 24.9 Å². The van der Waals surface area contributed by atoms with Crippen molar-refractivity contribution >= 4 is 12.6 Å². The molecule has 4 nitrogen and oxygen atoms in total. The van der Waals surface area contributed by atoms with Gasteiger partial charge >= 0.3 is 7.12 Å². The number of rotatable bonds is 5. The second-order valence-electron chi connectivity index (χ2n) is 7.12. The normalized spacial score (nSPS) is 22.6. The minimum atomic E-state index is -0.483. The van der Waals surface area contributed by atoms with Crippen molar-refractivity contribution in [3.63, 3.8) is 0 Å². The van der Waals surface area contributed by atoms with Crippen LogP contribution in [0.1, 0.15) is 46.6 Å². The Kier molecular flexibility index (Phi) is 4.74. The average Bonchev–Trinajstić information content (AvgIpc) is 2.68. The van der Waals surface area contributed by atoms with E-state index in [4.69, 9.17) is 14.0 Å². The Morgan fingerprint density at radius 2 is 1.59 bits per heavy atom. The third-order valence-electron chi connectivity index (χ3n) is 5.09. The van der Waals surface area contributed by atoms with Gasteiger partial charge in [-0.05, 0) is 45.6 Å². The summed E-state index contributed by atoms with van der Waals surface area (Å²) in [6, 6.07) is 8.04. The van der Waals surface area contributed by atoms with Crippen LogP contribution in [0.4, 0.5) is 0 Å². The molecule has 5 heteroatoms. The van der Waals surface area contributed by atoms with E-state index in [1.54, 1.807) is 7.11 Å². The summed E-state index contributed by atoms with van der Waals surface area (Å²) in [7, 11) is 1.31. The molecule has 0 aromatic heterocycles. The first-order valence-corrected chi connectivity index (χ1v) is 7.77. The minimum absolute atomic E-state index is 0.0866. The number of methoxy groups -OCH3 is 1. The fraction of sp³-hybridized carbons (Fsp3) is 0.647. The quantitative estimate of drug-likeness (QED) is 0.848. The molecular formula is C17H27BO4. The fourth-order valence-corrected chi connectivity index (χ4v) is 2.55. The van der Waals surface area contributed by atoms with Crippen LogP contribution in [0.2, 0.25) is 0 Å². The molecule has 1 N–H and O–H groups in total. The Morgan fingerprint density at radius 1 is 1.09 bits per heavy atom. The van der Waals surface area contributed by atoms with E-state index < -0.39 is 5.60 Å². The van der Waals surface area contributed by atoms with Crippen LogP contribution in [0, 0.1) is 0 Å².